The Morgan fingerprint density at radius 2 is 1.95 bits per heavy atom. The van der Waals surface area contributed by atoms with Crippen molar-refractivity contribution in [3.63, 3.8) is 0 Å². The summed E-state index contributed by atoms with van der Waals surface area (Å²) in [5.41, 5.74) is 1.43. The van der Waals surface area contributed by atoms with Gasteiger partial charge in [0.05, 0.1) is 0 Å². The number of halogens is 2. The van der Waals surface area contributed by atoms with Gasteiger partial charge < -0.3 is 4.90 Å². The molecule has 0 amide bonds. The molecular formula is C15H12BrFN2O2S. The van der Waals surface area contributed by atoms with Crippen LogP contribution in [-0.2, 0) is 16.6 Å². The van der Waals surface area contributed by atoms with Crippen molar-refractivity contribution in [3.05, 3.63) is 63.9 Å². The molecule has 0 atom stereocenters. The lowest BCUT2D eigenvalue weighted by atomic mass is 10.1. The third-order valence-electron chi connectivity index (χ3n) is 3.40. The van der Waals surface area contributed by atoms with Gasteiger partial charge in [-0.15, -0.1) is 4.40 Å². The van der Waals surface area contributed by atoms with Crippen LogP contribution in [0.1, 0.15) is 11.1 Å². The summed E-state index contributed by atoms with van der Waals surface area (Å²) in [6.45, 7) is 0.406. The molecule has 0 aliphatic carbocycles. The van der Waals surface area contributed by atoms with Crippen LogP contribution in [0.4, 0.5) is 4.39 Å². The van der Waals surface area contributed by atoms with E-state index in [1.165, 1.54) is 12.1 Å². The third kappa shape index (κ3) is 2.66. The lowest BCUT2D eigenvalue weighted by molar-refractivity contribution is 0.500. The van der Waals surface area contributed by atoms with Crippen LogP contribution in [0.5, 0.6) is 0 Å². The van der Waals surface area contributed by atoms with Crippen LogP contribution in [0.25, 0.3) is 0 Å². The third-order valence-corrected chi connectivity index (χ3v) is 5.46. The van der Waals surface area contributed by atoms with E-state index in [9.17, 15) is 12.8 Å². The Morgan fingerprint density at radius 3 is 2.68 bits per heavy atom. The van der Waals surface area contributed by atoms with Gasteiger partial charge >= 0.3 is 0 Å². The fourth-order valence-electron chi connectivity index (χ4n) is 2.34. The topological polar surface area (TPSA) is 49.7 Å². The molecular weight excluding hydrogens is 371 g/mol. The van der Waals surface area contributed by atoms with Gasteiger partial charge in [-0.3, -0.25) is 0 Å². The van der Waals surface area contributed by atoms with Crippen molar-refractivity contribution in [1.82, 2.24) is 4.90 Å². The van der Waals surface area contributed by atoms with Gasteiger partial charge in [0.25, 0.3) is 10.0 Å². The molecule has 2 aromatic rings. The van der Waals surface area contributed by atoms with Gasteiger partial charge in [-0.2, -0.15) is 8.42 Å². The average Bonchev–Trinajstić information content (AvgIpc) is 2.74. The van der Waals surface area contributed by atoms with Crippen molar-refractivity contribution in [2.45, 2.75) is 11.4 Å². The summed E-state index contributed by atoms with van der Waals surface area (Å²) in [5, 5.41) is 0. The summed E-state index contributed by atoms with van der Waals surface area (Å²) in [6, 6.07) is 11.1. The second-order valence-electron chi connectivity index (χ2n) is 4.98. The Hall–Kier alpha value is -1.73. The van der Waals surface area contributed by atoms with Gasteiger partial charge in [0, 0.05) is 23.6 Å². The highest BCUT2D eigenvalue weighted by molar-refractivity contribution is 9.10. The summed E-state index contributed by atoms with van der Waals surface area (Å²) in [7, 11) is -1.88. The molecule has 1 heterocycles. The van der Waals surface area contributed by atoms with E-state index in [4.69, 9.17) is 0 Å². The van der Waals surface area contributed by atoms with Crippen molar-refractivity contribution < 1.29 is 12.8 Å². The first kappa shape index (κ1) is 15.2. The predicted molar refractivity (Wildman–Crippen MR) is 85.7 cm³/mol. The summed E-state index contributed by atoms with van der Waals surface area (Å²) in [4.78, 5) is 1.96. The highest BCUT2D eigenvalue weighted by atomic mass is 79.9. The molecule has 0 unspecified atom stereocenters. The fraction of sp³-hybridized carbons (Fsp3) is 0.133. The molecule has 2 aromatic carbocycles. The molecule has 0 spiro atoms. The maximum atomic E-state index is 13.1. The number of hydrogen-bond donors (Lipinski definition) is 0. The quantitative estimate of drug-likeness (QED) is 0.801. The molecule has 0 saturated carbocycles. The molecule has 0 bridgehead atoms. The first-order valence-electron chi connectivity index (χ1n) is 6.48. The molecule has 22 heavy (non-hydrogen) atoms. The monoisotopic (exact) mass is 382 g/mol. The highest BCUT2D eigenvalue weighted by Crippen LogP contribution is 2.28. The standard InChI is InChI=1S/C15H12BrFN2O2S/c1-19(9-10-6-7-11(17)8-13(10)16)15-12-4-2-3-5-14(12)22(20,21)18-15/h2-8H,9H2,1H3. The minimum atomic E-state index is -3.63. The first-order chi connectivity index (χ1) is 10.4. The molecule has 1 aliphatic rings. The van der Waals surface area contributed by atoms with Crippen LogP contribution in [0.2, 0.25) is 0 Å². The van der Waals surface area contributed by atoms with Crippen LogP contribution < -0.4 is 0 Å². The molecule has 0 aromatic heterocycles. The van der Waals surface area contributed by atoms with Crippen LogP contribution in [0.3, 0.4) is 0 Å². The van der Waals surface area contributed by atoms with E-state index in [2.05, 4.69) is 20.3 Å². The predicted octanol–water partition coefficient (Wildman–Crippen LogP) is 3.17. The second-order valence-corrected chi connectivity index (χ2v) is 7.40. The average molecular weight is 383 g/mol. The van der Waals surface area contributed by atoms with Crippen molar-refractivity contribution in [2.75, 3.05) is 7.05 Å². The summed E-state index contributed by atoms with van der Waals surface area (Å²) >= 11 is 3.31. The summed E-state index contributed by atoms with van der Waals surface area (Å²) in [6.07, 6.45) is 0. The van der Waals surface area contributed by atoms with Crippen LogP contribution in [0, 0.1) is 5.82 Å². The van der Waals surface area contributed by atoms with Gasteiger partial charge in [0.1, 0.15) is 10.7 Å². The molecule has 3 rings (SSSR count). The SMILES string of the molecule is CN(Cc1ccc(F)cc1Br)C1=NS(=O)(=O)c2ccccc21. The van der Waals surface area contributed by atoms with Crippen molar-refractivity contribution in [1.29, 1.82) is 0 Å². The highest BCUT2D eigenvalue weighted by Gasteiger charge is 2.30. The smallest absolute Gasteiger partial charge is 0.285 e. The second kappa shape index (κ2) is 5.48. The number of amidine groups is 1. The lowest BCUT2D eigenvalue weighted by Gasteiger charge is -2.19. The molecule has 0 fully saturated rings. The minimum Gasteiger partial charge on any atom is -0.354 e. The Morgan fingerprint density at radius 1 is 1.23 bits per heavy atom. The Labute approximate surface area is 136 Å². The van der Waals surface area contributed by atoms with E-state index >= 15 is 0 Å². The zero-order valence-corrected chi connectivity index (χ0v) is 14.0. The van der Waals surface area contributed by atoms with Crippen LogP contribution in [-0.4, -0.2) is 26.2 Å². The normalized spacial score (nSPS) is 15.3. The minimum absolute atomic E-state index is 0.218. The van der Waals surface area contributed by atoms with Crippen LogP contribution in [0.15, 0.2) is 56.2 Å². The Balaban J connectivity index is 1.95. The van der Waals surface area contributed by atoms with E-state index in [1.807, 2.05) is 0 Å². The largest absolute Gasteiger partial charge is 0.354 e. The first-order valence-corrected chi connectivity index (χ1v) is 8.71. The molecule has 0 radical (unpaired) electrons. The Bertz CT molecular complexity index is 881. The maximum absolute atomic E-state index is 13.1. The van der Waals surface area contributed by atoms with Gasteiger partial charge in [-0.1, -0.05) is 34.1 Å². The molecule has 114 valence electrons. The lowest BCUT2D eigenvalue weighted by Crippen LogP contribution is -2.26. The fourth-order valence-corrected chi connectivity index (χ4v) is 4.07. The number of benzene rings is 2. The Kier molecular flexibility index (Phi) is 3.78. The van der Waals surface area contributed by atoms with Gasteiger partial charge in [0.2, 0.25) is 0 Å². The van der Waals surface area contributed by atoms with Gasteiger partial charge in [-0.25, -0.2) is 4.39 Å². The summed E-state index contributed by atoms with van der Waals surface area (Å²) < 4.78 is 41.7. The molecule has 0 N–H and O–H groups in total. The van der Waals surface area contributed by atoms with E-state index in [1.54, 1.807) is 42.3 Å². The van der Waals surface area contributed by atoms with Crippen molar-refractivity contribution in [2.24, 2.45) is 4.40 Å². The van der Waals surface area contributed by atoms with Crippen LogP contribution >= 0.6 is 15.9 Å². The molecule has 4 nitrogen and oxygen atoms in total. The number of rotatable bonds is 2. The van der Waals surface area contributed by atoms with E-state index in [-0.39, 0.29) is 10.7 Å². The molecule has 7 heteroatoms. The van der Waals surface area contributed by atoms with Crippen molar-refractivity contribution in [3.8, 4) is 0 Å². The van der Waals surface area contributed by atoms with Crippen molar-refractivity contribution >= 4 is 31.8 Å². The number of hydrogen-bond acceptors (Lipinski definition) is 3. The van der Waals surface area contributed by atoms with Gasteiger partial charge in [-0.05, 0) is 29.8 Å². The number of nitrogens with zero attached hydrogens (tertiary/aromatic N) is 2. The van der Waals surface area contributed by atoms with E-state index < -0.39 is 10.0 Å². The van der Waals surface area contributed by atoms with E-state index in [0.717, 1.165) is 5.56 Å². The van der Waals surface area contributed by atoms with E-state index in [0.29, 0.717) is 22.4 Å². The zero-order valence-electron chi connectivity index (χ0n) is 11.6. The molecule has 0 saturated heterocycles. The molecule has 1 aliphatic heterocycles. The summed E-state index contributed by atoms with van der Waals surface area (Å²) in [5.74, 6) is 0.0660. The number of fused-ring (bicyclic) bond motifs is 1. The van der Waals surface area contributed by atoms with Gasteiger partial charge in [0.15, 0.2) is 5.84 Å². The number of sulfonamides is 1. The zero-order chi connectivity index (χ0) is 15.9. The maximum Gasteiger partial charge on any atom is 0.285 e.